The van der Waals surface area contributed by atoms with E-state index in [9.17, 15) is 4.39 Å². The van der Waals surface area contributed by atoms with Gasteiger partial charge in [0.25, 0.3) is 0 Å². The molecule has 1 atom stereocenters. The van der Waals surface area contributed by atoms with Gasteiger partial charge in [0.1, 0.15) is 5.82 Å². The highest BCUT2D eigenvalue weighted by Crippen LogP contribution is 2.37. The Balaban J connectivity index is 2.09. The largest absolute Gasteiger partial charge is 0.376 e. The molecule has 4 heteroatoms. The van der Waals surface area contributed by atoms with Crippen molar-refractivity contribution in [1.82, 2.24) is 5.32 Å². The molecule has 16 heavy (non-hydrogen) atoms. The zero-order valence-electron chi connectivity index (χ0n) is 8.95. The third-order valence-electron chi connectivity index (χ3n) is 2.85. The van der Waals surface area contributed by atoms with Gasteiger partial charge in [0.15, 0.2) is 5.11 Å². The Morgan fingerprint density at radius 1 is 1.44 bits per heavy atom. The van der Waals surface area contributed by atoms with Gasteiger partial charge in [0.2, 0.25) is 0 Å². The van der Waals surface area contributed by atoms with Gasteiger partial charge in [-0.05, 0) is 42.3 Å². The maximum Gasteiger partial charge on any atom is 0.164 e. The topological polar surface area (TPSA) is 38.0 Å². The Morgan fingerprint density at radius 3 is 2.56 bits per heavy atom. The first-order valence-corrected chi connectivity index (χ1v) is 5.87. The monoisotopic (exact) mass is 238 g/mol. The highest BCUT2D eigenvalue weighted by Gasteiger charge is 2.26. The Labute approximate surface area is 100 Å². The van der Waals surface area contributed by atoms with Crippen LogP contribution in [0.5, 0.6) is 0 Å². The van der Waals surface area contributed by atoms with E-state index in [4.69, 9.17) is 18.0 Å². The maximum atomic E-state index is 12.8. The van der Waals surface area contributed by atoms with Crippen molar-refractivity contribution in [3.63, 3.8) is 0 Å². The molecule has 0 amide bonds. The van der Waals surface area contributed by atoms with E-state index in [1.807, 2.05) is 0 Å². The lowest BCUT2D eigenvalue weighted by atomic mass is 10.0. The molecule has 0 aromatic heterocycles. The molecule has 0 aliphatic heterocycles. The number of benzene rings is 1. The third-order valence-corrected chi connectivity index (χ3v) is 2.97. The number of thiocarbonyl (C=S) groups is 1. The summed E-state index contributed by atoms with van der Waals surface area (Å²) in [5.41, 5.74) is 6.55. The Bertz CT molecular complexity index is 373. The van der Waals surface area contributed by atoms with E-state index in [0.29, 0.717) is 5.11 Å². The van der Waals surface area contributed by atoms with Crippen molar-refractivity contribution in [2.75, 3.05) is 0 Å². The molecule has 0 heterocycles. The standard InChI is InChI=1S/C12H15FN2S/c13-10-5-3-9(4-6-10)11(15-12(14)16)7-8-1-2-8/h3-6,8,11H,1-2,7H2,(H3,14,15,16). The molecule has 0 radical (unpaired) electrons. The summed E-state index contributed by atoms with van der Waals surface area (Å²) in [5.74, 6) is 0.543. The van der Waals surface area contributed by atoms with E-state index in [1.165, 1.54) is 25.0 Å². The fraction of sp³-hybridized carbons (Fsp3) is 0.417. The van der Waals surface area contributed by atoms with Crippen molar-refractivity contribution in [1.29, 1.82) is 0 Å². The van der Waals surface area contributed by atoms with Gasteiger partial charge in [0, 0.05) is 0 Å². The highest BCUT2D eigenvalue weighted by atomic mass is 32.1. The number of hydrogen-bond donors (Lipinski definition) is 2. The van der Waals surface area contributed by atoms with Crippen LogP contribution in [-0.2, 0) is 0 Å². The molecule has 3 N–H and O–H groups in total. The molecule has 0 saturated heterocycles. The minimum absolute atomic E-state index is 0.116. The third kappa shape index (κ3) is 3.17. The minimum atomic E-state index is -0.218. The predicted molar refractivity (Wildman–Crippen MR) is 66.4 cm³/mol. The van der Waals surface area contributed by atoms with Crippen LogP contribution in [-0.4, -0.2) is 5.11 Å². The van der Waals surface area contributed by atoms with Gasteiger partial charge in [-0.25, -0.2) is 4.39 Å². The van der Waals surface area contributed by atoms with E-state index >= 15 is 0 Å². The molecule has 1 saturated carbocycles. The summed E-state index contributed by atoms with van der Waals surface area (Å²) in [7, 11) is 0. The van der Waals surface area contributed by atoms with Crippen LogP contribution in [0.1, 0.15) is 30.9 Å². The van der Waals surface area contributed by atoms with Gasteiger partial charge >= 0.3 is 0 Å². The molecule has 1 fully saturated rings. The molecule has 2 rings (SSSR count). The Hall–Kier alpha value is -1.16. The summed E-state index contributed by atoms with van der Waals surface area (Å²) < 4.78 is 12.8. The Kier molecular flexibility index (Phi) is 3.39. The van der Waals surface area contributed by atoms with Crippen LogP contribution in [0.3, 0.4) is 0 Å². The zero-order valence-corrected chi connectivity index (χ0v) is 9.77. The van der Waals surface area contributed by atoms with Crippen LogP contribution < -0.4 is 11.1 Å². The molecule has 0 bridgehead atoms. The summed E-state index contributed by atoms with van der Waals surface area (Å²) in [4.78, 5) is 0. The van der Waals surface area contributed by atoms with Gasteiger partial charge in [-0.3, -0.25) is 0 Å². The van der Waals surface area contributed by atoms with Crippen molar-refractivity contribution in [3.8, 4) is 0 Å². The number of halogens is 1. The molecule has 1 aliphatic carbocycles. The lowest BCUT2D eigenvalue weighted by Crippen LogP contribution is -2.33. The van der Waals surface area contributed by atoms with Gasteiger partial charge < -0.3 is 11.1 Å². The van der Waals surface area contributed by atoms with Gasteiger partial charge in [-0.2, -0.15) is 0 Å². The van der Waals surface area contributed by atoms with E-state index in [-0.39, 0.29) is 11.9 Å². The van der Waals surface area contributed by atoms with E-state index < -0.39 is 0 Å². The maximum absolute atomic E-state index is 12.8. The second-order valence-electron chi connectivity index (χ2n) is 4.29. The first kappa shape index (κ1) is 11.3. The van der Waals surface area contributed by atoms with E-state index in [1.54, 1.807) is 12.1 Å². The van der Waals surface area contributed by atoms with Crippen LogP contribution in [0.15, 0.2) is 24.3 Å². The Morgan fingerprint density at radius 2 is 2.06 bits per heavy atom. The van der Waals surface area contributed by atoms with Crippen LogP contribution in [0.4, 0.5) is 4.39 Å². The predicted octanol–water partition coefficient (Wildman–Crippen LogP) is 2.50. The lowest BCUT2D eigenvalue weighted by molar-refractivity contribution is 0.547. The summed E-state index contributed by atoms with van der Waals surface area (Å²) in [5, 5.41) is 3.37. The van der Waals surface area contributed by atoms with Crippen LogP contribution in [0, 0.1) is 11.7 Å². The van der Waals surface area contributed by atoms with Gasteiger partial charge in [0.05, 0.1) is 6.04 Å². The van der Waals surface area contributed by atoms with Crippen LogP contribution in [0.2, 0.25) is 0 Å². The molecule has 1 unspecified atom stereocenters. The molecular weight excluding hydrogens is 223 g/mol. The van der Waals surface area contributed by atoms with Crippen molar-refractivity contribution in [3.05, 3.63) is 35.6 Å². The number of hydrogen-bond acceptors (Lipinski definition) is 1. The average Bonchev–Trinajstić information content (AvgIpc) is 3.01. The smallest absolute Gasteiger partial charge is 0.164 e. The van der Waals surface area contributed by atoms with Crippen molar-refractivity contribution >= 4 is 17.3 Å². The fourth-order valence-electron chi connectivity index (χ4n) is 1.83. The summed E-state index contributed by atoms with van der Waals surface area (Å²) in [6, 6.07) is 6.62. The summed E-state index contributed by atoms with van der Waals surface area (Å²) >= 11 is 4.86. The molecule has 1 aliphatic rings. The van der Waals surface area contributed by atoms with Crippen molar-refractivity contribution in [2.45, 2.75) is 25.3 Å². The molecule has 1 aromatic rings. The van der Waals surface area contributed by atoms with E-state index in [2.05, 4.69) is 5.32 Å². The SMILES string of the molecule is NC(=S)NC(CC1CC1)c1ccc(F)cc1. The molecule has 2 nitrogen and oxygen atoms in total. The fourth-order valence-corrected chi connectivity index (χ4v) is 1.97. The lowest BCUT2D eigenvalue weighted by Gasteiger charge is -2.19. The van der Waals surface area contributed by atoms with Gasteiger partial charge in [-0.15, -0.1) is 0 Å². The number of nitrogens with one attached hydrogen (secondary N) is 1. The molecule has 1 aromatic carbocycles. The summed E-state index contributed by atoms with van der Waals surface area (Å²) in [6.45, 7) is 0. The first-order chi connectivity index (χ1) is 7.65. The number of rotatable bonds is 4. The second-order valence-corrected chi connectivity index (χ2v) is 4.73. The normalized spacial score (nSPS) is 16.8. The highest BCUT2D eigenvalue weighted by molar-refractivity contribution is 7.80. The second kappa shape index (κ2) is 4.78. The van der Waals surface area contributed by atoms with Crippen LogP contribution >= 0.6 is 12.2 Å². The minimum Gasteiger partial charge on any atom is -0.376 e. The molecule has 0 spiro atoms. The van der Waals surface area contributed by atoms with E-state index in [0.717, 1.165) is 17.9 Å². The average molecular weight is 238 g/mol. The molecule has 86 valence electrons. The number of nitrogens with two attached hydrogens (primary N) is 1. The van der Waals surface area contributed by atoms with Gasteiger partial charge in [-0.1, -0.05) is 25.0 Å². The molecular formula is C12H15FN2S. The van der Waals surface area contributed by atoms with Crippen molar-refractivity contribution < 1.29 is 4.39 Å². The van der Waals surface area contributed by atoms with Crippen LogP contribution in [0.25, 0.3) is 0 Å². The quantitative estimate of drug-likeness (QED) is 0.791. The summed E-state index contributed by atoms with van der Waals surface area (Å²) in [6.07, 6.45) is 3.57. The van der Waals surface area contributed by atoms with Crippen molar-refractivity contribution in [2.24, 2.45) is 11.7 Å². The first-order valence-electron chi connectivity index (χ1n) is 5.46. The zero-order chi connectivity index (χ0) is 11.5.